The van der Waals surface area contributed by atoms with E-state index in [1.54, 1.807) is 0 Å². The molecule has 0 spiro atoms. The van der Waals surface area contributed by atoms with Crippen molar-refractivity contribution in [1.82, 2.24) is 10.2 Å². The summed E-state index contributed by atoms with van der Waals surface area (Å²) >= 11 is 0. The molecule has 0 bridgehead atoms. The number of aromatic nitrogens is 2. The van der Waals surface area contributed by atoms with Gasteiger partial charge in [-0.05, 0) is 17.7 Å². The van der Waals surface area contributed by atoms with Gasteiger partial charge < -0.3 is 0 Å². The molecule has 1 aromatic carbocycles. The van der Waals surface area contributed by atoms with E-state index in [0.717, 1.165) is 12.1 Å². The molecule has 1 N–H and O–H groups in total. The van der Waals surface area contributed by atoms with E-state index in [2.05, 4.69) is 28.4 Å². The number of rotatable bonds is 2. The number of nitrogens with zero attached hydrogens (tertiary/aromatic N) is 1. The molecule has 2 nitrogen and oxygen atoms in total. The molecule has 1 aromatic heterocycles. The Balaban J connectivity index is 2.15. The van der Waals surface area contributed by atoms with Crippen LogP contribution in [0.3, 0.4) is 0 Å². The summed E-state index contributed by atoms with van der Waals surface area (Å²) in [4.78, 5) is 0. The van der Waals surface area contributed by atoms with Gasteiger partial charge >= 0.3 is 0 Å². The molecule has 1 heterocycles. The molecule has 0 amide bonds. The van der Waals surface area contributed by atoms with Gasteiger partial charge in [-0.3, -0.25) is 5.10 Å². The lowest BCUT2D eigenvalue weighted by atomic mass is 10.1. The molecule has 0 aliphatic rings. The predicted molar refractivity (Wildman–Crippen MR) is 46.7 cm³/mol. The highest BCUT2D eigenvalue weighted by Gasteiger charge is 1.95. The molecular formula is C10H9N2. The summed E-state index contributed by atoms with van der Waals surface area (Å²) in [5.74, 6) is 0. The number of nitrogens with one attached hydrogen (secondary N) is 1. The topological polar surface area (TPSA) is 28.7 Å². The van der Waals surface area contributed by atoms with Gasteiger partial charge in [0.15, 0.2) is 0 Å². The van der Waals surface area contributed by atoms with Crippen molar-refractivity contribution in [2.75, 3.05) is 0 Å². The Bertz CT molecular complexity index is 324. The highest BCUT2D eigenvalue weighted by atomic mass is 15.1. The molecule has 59 valence electrons. The van der Waals surface area contributed by atoms with Crippen molar-refractivity contribution >= 4 is 0 Å². The summed E-state index contributed by atoms with van der Waals surface area (Å²) in [5.41, 5.74) is 2.34. The molecule has 2 heteroatoms. The highest BCUT2D eigenvalue weighted by molar-refractivity contribution is 5.19. The fraction of sp³-hybridized carbons (Fsp3) is 0.100. The Morgan fingerprint density at radius 3 is 2.75 bits per heavy atom. The fourth-order valence-corrected chi connectivity index (χ4v) is 1.14. The van der Waals surface area contributed by atoms with Gasteiger partial charge in [-0.1, -0.05) is 24.3 Å². The number of benzene rings is 1. The highest BCUT2D eigenvalue weighted by Crippen LogP contribution is 2.04. The Kier molecular flexibility index (Phi) is 1.90. The van der Waals surface area contributed by atoms with Crippen molar-refractivity contribution in [2.45, 2.75) is 6.42 Å². The van der Waals surface area contributed by atoms with Gasteiger partial charge in [0.1, 0.15) is 0 Å². The van der Waals surface area contributed by atoms with Crippen LogP contribution < -0.4 is 0 Å². The van der Waals surface area contributed by atoms with E-state index in [1.807, 2.05) is 24.4 Å². The predicted octanol–water partition coefficient (Wildman–Crippen LogP) is 1.80. The van der Waals surface area contributed by atoms with E-state index >= 15 is 0 Å². The first-order valence-electron chi connectivity index (χ1n) is 3.89. The van der Waals surface area contributed by atoms with Crippen molar-refractivity contribution in [2.24, 2.45) is 0 Å². The molecule has 0 saturated heterocycles. The second kappa shape index (κ2) is 3.22. The number of hydrogen-bond donors (Lipinski definition) is 1. The van der Waals surface area contributed by atoms with Crippen molar-refractivity contribution in [1.29, 1.82) is 0 Å². The van der Waals surface area contributed by atoms with Crippen molar-refractivity contribution in [3.05, 3.63) is 53.9 Å². The summed E-state index contributed by atoms with van der Waals surface area (Å²) in [7, 11) is 0. The van der Waals surface area contributed by atoms with Crippen molar-refractivity contribution < 1.29 is 0 Å². The van der Waals surface area contributed by atoms with Gasteiger partial charge in [0.2, 0.25) is 0 Å². The molecule has 0 aliphatic carbocycles. The third-order valence-corrected chi connectivity index (χ3v) is 1.73. The molecule has 12 heavy (non-hydrogen) atoms. The van der Waals surface area contributed by atoms with Crippen LogP contribution in [0.15, 0.2) is 36.5 Å². The van der Waals surface area contributed by atoms with E-state index in [4.69, 9.17) is 0 Å². The molecule has 2 aromatic rings. The zero-order valence-corrected chi connectivity index (χ0v) is 6.62. The first kappa shape index (κ1) is 7.10. The largest absolute Gasteiger partial charge is 0.285 e. The van der Waals surface area contributed by atoms with Crippen molar-refractivity contribution in [3.8, 4) is 0 Å². The molecule has 0 unspecified atom stereocenters. The van der Waals surface area contributed by atoms with Crippen LogP contribution in [0.5, 0.6) is 0 Å². The van der Waals surface area contributed by atoms with E-state index in [0.29, 0.717) is 0 Å². The Labute approximate surface area is 71.3 Å². The minimum Gasteiger partial charge on any atom is -0.285 e. The Morgan fingerprint density at radius 1 is 1.25 bits per heavy atom. The van der Waals surface area contributed by atoms with E-state index in [9.17, 15) is 0 Å². The van der Waals surface area contributed by atoms with Crippen molar-refractivity contribution in [3.63, 3.8) is 0 Å². The van der Waals surface area contributed by atoms with Crippen LogP contribution in [-0.2, 0) is 6.42 Å². The lowest BCUT2D eigenvalue weighted by Crippen LogP contribution is -1.87. The minimum absolute atomic E-state index is 0.887. The van der Waals surface area contributed by atoms with Gasteiger partial charge in [0, 0.05) is 12.6 Å². The smallest absolute Gasteiger partial charge is 0.0665 e. The quantitative estimate of drug-likeness (QED) is 0.707. The molecule has 0 aliphatic heterocycles. The molecular weight excluding hydrogens is 148 g/mol. The van der Waals surface area contributed by atoms with E-state index in [1.165, 1.54) is 5.56 Å². The maximum Gasteiger partial charge on any atom is 0.0665 e. The number of aromatic amines is 1. The third-order valence-electron chi connectivity index (χ3n) is 1.73. The maximum absolute atomic E-state index is 4.08. The van der Waals surface area contributed by atoms with Crippen LogP contribution in [0, 0.1) is 6.07 Å². The monoisotopic (exact) mass is 157 g/mol. The maximum atomic E-state index is 4.08. The van der Waals surface area contributed by atoms with Crippen LogP contribution in [0.1, 0.15) is 11.3 Å². The zero-order chi connectivity index (χ0) is 8.23. The standard InChI is InChI=1S/C10H9N2/c1-2-4-9(5-3-1)8-10-6-7-11-12-10/h2-7H,8H2,(H,11,12). The molecule has 0 saturated carbocycles. The average Bonchev–Trinajstić information content (AvgIpc) is 2.59. The summed E-state index contributed by atoms with van der Waals surface area (Å²) in [6.07, 6.45) is 2.72. The van der Waals surface area contributed by atoms with Crippen LogP contribution in [0.4, 0.5) is 0 Å². The normalized spacial score (nSPS) is 10.0. The van der Waals surface area contributed by atoms with Crippen LogP contribution in [0.2, 0.25) is 0 Å². The van der Waals surface area contributed by atoms with Crippen LogP contribution in [0.25, 0.3) is 0 Å². The van der Waals surface area contributed by atoms with E-state index in [-0.39, 0.29) is 0 Å². The Hall–Kier alpha value is -1.57. The number of hydrogen-bond acceptors (Lipinski definition) is 1. The average molecular weight is 157 g/mol. The second-order valence-corrected chi connectivity index (χ2v) is 2.65. The summed E-state index contributed by atoms with van der Waals surface area (Å²) in [6.45, 7) is 0. The molecule has 0 atom stereocenters. The number of H-pyrrole nitrogens is 1. The molecule has 2 rings (SSSR count). The van der Waals surface area contributed by atoms with Gasteiger partial charge in [-0.15, -0.1) is 0 Å². The summed E-state index contributed by atoms with van der Waals surface area (Å²) < 4.78 is 0. The minimum atomic E-state index is 0.887. The lowest BCUT2D eigenvalue weighted by molar-refractivity contribution is 0.996. The molecule has 1 radical (unpaired) electrons. The van der Waals surface area contributed by atoms with Gasteiger partial charge in [0.25, 0.3) is 0 Å². The zero-order valence-electron chi connectivity index (χ0n) is 6.62. The first-order chi connectivity index (χ1) is 5.95. The third kappa shape index (κ3) is 1.53. The van der Waals surface area contributed by atoms with Crippen LogP contribution in [-0.4, -0.2) is 10.2 Å². The fourth-order valence-electron chi connectivity index (χ4n) is 1.14. The van der Waals surface area contributed by atoms with Gasteiger partial charge in [-0.25, -0.2) is 0 Å². The molecule has 0 fully saturated rings. The first-order valence-corrected chi connectivity index (χ1v) is 3.89. The van der Waals surface area contributed by atoms with Gasteiger partial charge in [0.05, 0.1) is 5.69 Å². The SMILES string of the molecule is [c]1ccc(Cc2cc[nH]n2)cc1. The lowest BCUT2D eigenvalue weighted by Gasteiger charge is -1.94. The summed E-state index contributed by atoms with van der Waals surface area (Å²) in [5, 5.41) is 6.87. The second-order valence-electron chi connectivity index (χ2n) is 2.65. The van der Waals surface area contributed by atoms with E-state index < -0.39 is 0 Å². The summed E-state index contributed by atoms with van der Waals surface area (Å²) in [6, 6.07) is 12.9. The van der Waals surface area contributed by atoms with Crippen LogP contribution >= 0.6 is 0 Å². The van der Waals surface area contributed by atoms with Gasteiger partial charge in [-0.2, -0.15) is 5.10 Å². The Morgan fingerprint density at radius 2 is 2.08 bits per heavy atom.